The number of carbonyl (C=O) groups excluding carboxylic acids is 1. The van der Waals surface area contributed by atoms with E-state index in [0.717, 1.165) is 25.1 Å². The van der Waals surface area contributed by atoms with Gasteiger partial charge in [-0.2, -0.15) is 11.8 Å². The molecule has 0 aromatic heterocycles. The highest BCUT2D eigenvalue weighted by Gasteiger charge is 1.99. The van der Waals surface area contributed by atoms with Gasteiger partial charge in [0.2, 0.25) is 0 Å². The molecule has 0 amide bonds. The number of rotatable bonds is 13. The minimum atomic E-state index is -0.0787. The smallest absolute Gasteiger partial charge is 0.305 e. The number of hydrogen-bond acceptors (Lipinski definition) is 4. The first kappa shape index (κ1) is 17.8. The lowest BCUT2D eigenvalue weighted by molar-refractivity contribution is -0.140. The van der Waals surface area contributed by atoms with Crippen LogP contribution in [0.15, 0.2) is 0 Å². The van der Waals surface area contributed by atoms with Gasteiger partial charge in [0.05, 0.1) is 7.11 Å². The number of ether oxygens (including phenoxy) is 1. The highest BCUT2D eigenvalue weighted by molar-refractivity contribution is 7.99. The molecule has 0 spiro atoms. The van der Waals surface area contributed by atoms with Gasteiger partial charge in [-0.1, -0.05) is 38.5 Å². The van der Waals surface area contributed by atoms with E-state index in [-0.39, 0.29) is 5.97 Å². The molecule has 4 heteroatoms. The maximum absolute atomic E-state index is 10.9. The second-order valence-electron chi connectivity index (χ2n) is 4.56. The van der Waals surface area contributed by atoms with E-state index in [4.69, 9.17) is 5.73 Å². The Kier molecular flexibility index (Phi) is 14.7. The van der Waals surface area contributed by atoms with Gasteiger partial charge in [0.1, 0.15) is 0 Å². The number of hydrogen-bond donors (Lipinski definition) is 1. The Bertz CT molecular complexity index is 189. The van der Waals surface area contributed by atoms with Crippen molar-refractivity contribution < 1.29 is 9.53 Å². The summed E-state index contributed by atoms with van der Waals surface area (Å²) in [6.07, 6.45) is 10.6. The van der Waals surface area contributed by atoms with Crippen LogP contribution in [0.2, 0.25) is 0 Å². The zero-order valence-corrected chi connectivity index (χ0v) is 12.6. The van der Waals surface area contributed by atoms with E-state index in [1.807, 2.05) is 11.8 Å². The minimum Gasteiger partial charge on any atom is -0.469 e. The molecule has 0 aromatic carbocycles. The molecule has 18 heavy (non-hydrogen) atoms. The SMILES string of the molecule is COC(=O)CCCCCCCCCCSCCN. The zero-order valence-electron chi connectivity index (χ0n) is 11.8. The van der Waals surface area contributed by atoms with Crippen LogP contribution in [0.4, 0.5) is 0 Å². The summed E-state index contributed by atoms with van der Waals surface area (Å²) in [4.78, 5) is 10.9. The first-order chi connectivity index (χ1) is 8.81. The fraction of sp³-hybridized carbons (Fsp3) is 0.929. The molecule has 0 aliphatic carbocycles. The fourth-order valence-electron chi connectivity index (χ4n) is 1.82. The number of methoxy groups -OCH3 is 1. The van der Waals surface area contributed by atoms with Crippen LogP contribution in [0.3, 0.4) is 0 Å². The summed E-state index contributed by atoms with van der Waals surface area (Å²) in [5, 5.41) is 0. The summed E-state index contributed by atoms with van der Waals surface area (Å²) >= 11 is 1.96. The van der Waals surface area contributed by atoms with Crippen molar-refractivity contribution in [1.29, 1.82) is 0 Å². The molecule has 0 aromatic rings. The van der Waals surface area contributed by atoms with Crippen LogP contribution in [0.1, 0.15) is 57.8 Å². The van der Waals surface area contributed by atoms with Gasteiger partial charge >= 0.3 is 5.97 Å². The molecular formula is C14H29NO2S. The van der Waals surface area contributed by atoms with E-state index in [9.17, 15) is 4.79 Å². The molecule has 0 heterocycles. The maximum Gasteiger partial charge on any atom is 0.305 e. The van der Waals surface area contributed by atoms with E-state index in [1.54, 1.807) is 0 Å². The lowest BCUT2D eigenvalue weighted by Gasteiger charge is -2.02. The molecule has 0 aliphatic rings. The molecule has 2 N–H and O–H groups in total. The van der Waals surface area contributed by atoms with Crippen LogP contribution >= 0.6 is 11.8 Å². The van der Waals surface area contributed by atoms with Gasteiger partial charge in [-0.3, -0.25) is 4.79 Å². The average molecular weight is 275 g/mol. The van der Waals surface area contributed by atoms with Crippen molar-refractivity contribution in [2.24, 2.45) is 5.73 Å². The molecule has 0 fully saturated rings. The highest BCUT2D eigenvalue weighted by atomic mass is 32.2. The van der Waals surface area contributed by atoms with Crippen LogP contribution in [0, 0.1) is 0 Å². The van der Waals surface area contributed by atoms with Crippen LogP contribution in [0.5, 0.6) is 0 Å². The molecule has 0 bridgehead atoms. The summed E-state index contributed by atoms with van der Waals surface area (Å²) in [6.45, 7) is 0.802. The Hall–Kier alpha value is -0.220. The molecule has 0 unspecified atom stereocenters. The summed E-state index contributed by atoms with van der Waals surface area (Å²) in [5.74, 6) is 2.28. The number of unbranched alkanes of at least 4 members (excludes halogenated alkanes) is 7. The third kappa shape index (κ3) is 13.8. The minimum absolute atomic E-state index is 0.0787. The second kappa shape index (κ2) is 14.8. The van der Waals surface area contributed by atoms with Crippen molar-refractivity contribution in [2.45, 2.75) is 57.8 Å². The van der Waals surface area contributed by atoms with E-state index < -0.39 is 0 Å². The second-order valence-corrected chi connectivity index (χ2v) is 5.78. The van der Waals surface area contributed by atoms with Crippen molar-refractivity contribution in [1.82, 2.24) is 0 Å². The molecule has 3 nitrogen and oxygen atoms in total. The van der Waals surface area contributed by atoms with Crippen molar-refractivity contribution in [2.75, 3.05) is 25.2 Å². The summed E-state index contributed by atoms with van der Waals surface area (Å²) in [5.41, 5.74) is 5.43. The Morgan fingerprint density at radius 2 is 1.50 bits per heavy atom. The predicted octanol–water partition coefficient (Wildman–Crippen LogP) is 3.36. The summed E-state index contributed by atoms with van der Waals surface area (Å²) in [6, 6.07) is 0. The summed E-state index contributed by atoms with van der Waals surface area (Å²) in [7, 11) is 1.45. The molecule has 0 atom stereocenters. The third-order valence-corrected chi connectivity index (χ3v) is 4.01. The molecule has 0 rings (SSSR count). The topological polar surface area (TPSA) is 52.3 Å². The number of esters is 1. The van der Waals surface area contributed by atoms with Gasteiger partial charge in [-0.05, 0) is 18.6 Å². The van der Waals surface area contributed by atoms with Gasteiger partial charge in [-0.15, -0.1) is 0 Å². The zero-order chi connectivity index (χ0) is 13.5. The molecule has 0 saturated carbocycles. The maximum atomic E-state index is 10.9. The Morgan fingerprint density at radius 1 is 0.944 bits per heavy atom. The lowest BCUT2D eigenvalue weighted by Crippen LogP contribution is -2.01. The third-order valence-electron chi connectivity index (χ3n) is 2.91. The van der Waals surface area contributed by atoms with E-state index in [1.165, 1.54) is 51.4 Å². The fourth-order valence-corrected chi connectivity index (χ4v) is 2.60. The first-order valence-corrected chi connectivity index (χ1v) is 8.31. The molecule has 0 saturated heterocycles. The monoisotopic (exact) mass is 275 g/mol. The van der Waals surface area contributed by atoms with Crippen LogP contribution in [-0.4, -0.2) is 31.1 Å². The van der Waals surface area contributed by atoms with E-state index in [0.29, 0.717) is 6.42 Å². The number of thioether (sulfide) groups is 1. The van der Waals surface area contributed by atoms with Crippen molar-refractivity contribution >= 4 is 17.7 Å². The van der Waals surface area contributed by atoms with Crippen LogP contribution in [-0.2, 0) is 9.53 Å². The first-order valence-electron chi connectivity index (χ1n) is 7.16. The normalized spacial score (nSPS) is 10.6. The quantitative estimate of drug-likeness (QED) is 0.413. The van der Waals surface area contributed by atoms with Crippen molar-refractivity contribution in [3.8, 4) is 0 Å². The Balaban J connectivity index is 2.97. The van der Waals surface area contributed by atoms with Crippen molar-refractivity contribution in [3.05, 3.63) is 0 Å². The number of nitrogens with two attached hydrogens (primary N) is 1. The van der Waals surface area contributed by atoms with Crippen LogP contribution < -0.4 is 5.73 Å². The van der Waals surface area contributed by atoms with Gasteiger partial charge in [0.15, 0.2) is 0 Å². The Labute approximate surface area is 116 Å². The van der Waals surface area contributed by atoms with Crippen LogP contribution in [0.25, 0.3) is 0 Å². The highest BCUT2D eigenvalue weighted by Crippen LogP contribution is 2.11. The average Bonchev–Trinajstić information content (AvgIpc) is 2.39. The largest absolute Gasteiger partial charge is 0.469 e. The Morgan fingerprint density at radius 3 is 2.06 bits per heavy atom. The molecule has 0 aliphatic heterocycles. The lowest BCUT2D eigenvalue weighted by atomic mass is 10.1. The molecule has 0 radical (unpaired) electrons. The molecular weight excluding hydrogens is 246 g/mol. The standard InChI is InChI=1S/C14H29NO2S/c1-17-14(16)10-8-6-4-2-3-5-7-9-12-18-13-11-15/h2-13,15H2,1H3. The van der Waals surface area contributed by atoms with Gasteiger partial charge in [0.25, 0.3) is 0 Å². The molecule has 108 valence electrons. The predicted molar refractivity (Wildman–Crippen MR) is 79.9 cm³/mol. The van der Waals surface area contributed by atoms with Crippen molar-refractivity contribution in [3.63, 3.8) is 0 Å². The summed E-state index contributed by atoms with van der Waals surface area (Å²) < 4.78 is 4.60. The van der Waals surface area contributed by atoms with Gasteiger partial charge < -0.3 is 10.5 Å². The van der Waals surface area contributed by atoms with Gasteiger partial charge in [-0.25, -0.2) is 0 Å². The van der Waals surface area contributed by atoms with Gasteiger partial charge in [0, 0.05) is 18.7 Å². The van der Waals surface area contributed by atoms with E-state index in [2.05, 4.69) is 4.74 Å². The number of carbonyl (C=O) groups is 1. The van der Waals surface area contributed by atoms with E-state index >= 15 is 0 Å².